The highest BCUT2D eigenvalue weighted by atomic mass is 16.2. The summed E-state index contributed by atoms with van der Waals surface area (Å²) in [4.78, 5) is 24.7. The van der Waals surface area contributed by atoms with Crippen LogP contribution in [0.2, 0.25) is 0 Å². The third-order valence-corrected chi connectivity index (χ3v) is 4.36. The quantitative estimate of drug-likeness (QED) is 0.732. The Hall–Kier alpha value is -1.32. The monoisotopic (exact) mass is 278 g/mol. The second-order valence-electron chi connectivity index (χ2n) is 6.19. The third-order valence-electron chi connectivity index (χ3n) is 4.36. The molecule has 4 nitrogen and oxygen atoms in total. The first-order chi connectivity index (χ1) is 9.57. The van der Waals surface area contributed by atoms with Gasteiger partial charge < -0.3 is 10.6 Å². The van der Waals surface area contributed by atoms with Crippen LogP contribution >= 0.6 is 0 Å². The predicted molar refractivity (Wildman–Crippen MR) is 79.1 cm³/mol. The zero-order valence-corrected chi connectivity index (χ0v) is 12.6. The zero-order valence-electron chi connectivity index (χ0n) is 12.6. The Morgan fingerprint density at radius 1 is 1.25 bits per heavy atom. The van der Waals surface area contributed by atoms with Gasteiger partial charge >= 0.3 is 0 Å². The van der Waals surface area contributed by atoms with Gasteiger partial charge in [0.05, 0.1) is 0 Å². The van der Waals surface area contributed by atoms with Crippen molar-refractivity contribution in [2.75, 3.05) is 6.54 Å². The summed E-state index contributed by atoms with van der Waals surface area (Å²) < 4.78 is 0. The number of hydrogen-bond acceptors (Lipinski definition) is 2. The molecule has 0 spiro atoms. The molecule has 2 saturated carbocycles. The summed E-state index contributed by atoms with van der Waals surface area (Å²) >= 11 is 0. The van der Waals surface area contributed by atoms with Crippen molar-refractivity contribution >= 4 is 11.8 Å². The van der Waals surface area contributed by atoms with Gasteiger partial charge in [0.15, 0.2) is 0 Å². The first-order valence-electron chi connectivity index (χ1n) is 7.85. The molecule has 0 saturated heterocycles. The second-order valence-corrected chi connectivity index (χ2v) is 6.19. The van der Waals surface area contributed by atoms with E-state index in [9.17, 15) is 9.59 Å². The SMILES string of the molecule is CCC=C(C)C(=O)NC1(C(=O)NCC2CC2)CCCC1. The van der Waals surface area contributed by atoms with Crippen molar-refractivity contribution in [3.8, 4) is 0 Å². The molecule has 0 atom stereocenters. The van der Waals surface area contributed by atoms with Gasteiger partial charge in [-0.05, 0) is 44.9 Å². The van der Waals surface area contributed by atoms with Gasteiger partial charge in [0, 0.05) is 12.1 Å². The highest BCUT2D eigenvalue weighted by Crippen LogP contribution is 2.31. The molecule has 0 aromatic carbocycles. The molecule has 2 rings (SSSR count). The summed E-state index contributed by atoms with van der Waals surface area (Å²) in [7, 11) is 0. The molecule has 2 aliphatic carbocycles. The smallest absolute Gasteiger partial charge is 0.247 e. The van der Waals surface area contributed by atoms with Crippen molar-refractivity contribution in [3.63, 3.8) is 0 Å². The first kappa shape index (κ1) is 15.1. The van der Waals surface area contributed by atoms with Crippen LogP contribution in [0.25, 0.3) is 0 Å². The molecule has 112 valence electrons. The van der Waals surface area contributed by atoms with Gasteiger partial charge in [-0.25, -0.2) is 0 Å². The number of rotatable bonds is 6. The van der Waals surface area contributed by atoms with Crippen LogP contribution in [0.1, 0.15) is 58.8 Å². The first-order valence-corrected chi connectivity index (χ1v) is 7.85. The van der Waals surface area contributed by atoms with Crippen molar-refractivity contribution in [3.05, 3.63) is 11.6 Å². The van der Waals surface area contributed by atoms with Gasteiger partial charge in [-0.1, -0.05) is 25.8 Å². The lowest BCUT2D eigenvalue weighted by Gasteiger charge is -2.29. The lowest BCUT2D eigenvalue weighted by Crippen LogP contribution is -2.57. The van der Waals surface area contributed by atoms with Gasteiger partial charge in [-0.2, -0.15) is 0 Å². The second kappa shape index (κ2) is 6.42. The third kappa shape index (κ3) is 3.62. The summed E-state index contributed by atoms with van der Waals surface area (Å²) in [6.45, 7) is 4.58. The lowest BCUT2D eigenvalue weighted by atomic mass is 9.95. The fraction of sp³-hybridized carbons (Fsp3) is 0.750. The van der Waals surface area contributed by atoms with Gasteiger partial charge in [0.2, 0.25) is 11.8 Å². The highest BCUT2D eigenvalue weighted by Gasteiger charge is 2.42. The normalized spacial score (nSPS) is 21.6. The summed E-state index contributed by atoms with van der Waals surface area (Å²) in [5.41, 5.74) is 0.0308. The van der Waals surface area contributed by atoms with Gasteiger partial charge in [-0.15, -0.1) is 0 Å². The van der Waals surface area contributed by atoms with Gasteiger partial charge in [-0.3, -0.25) is 9.59 Å². The van der Waals surface area contributed by atoms with E-state index in [-0.39, 0.29) is 11.8 Å². The molecule has 0 radical (unpaired) electrons. The van der Waals surface area contributed by atoms with Crippen LogP contribution in [0, 0.1) is 5.92 Å². The molecule has 0 heterocycles. The molecule has 2 amide bonds. The largest absolute Gasteiger partial charge is 0.354 e. The lowest BCUT2D eigenvalue weighted by molar-refractivity contribution is -0.132. The van der Waals surface area contributed by atoms with Crippen LogP contribution in [0.3, 0.4) is 0 Å². The van der Waals surface area contributed by atoms with Crippen LogP contribution in [0.4, 0.5) is 0 Å². The van der Waals surface area contributed by atoms with Crippen LogP contribution in [-0.4, -0.2) is 23.9 Å². The number of carbonyl (C=O) groups excluding carboxylic acids is 2. The molecule has 0 aromatic rings. The van der Waals surface area contributed by atoms with E-state index in [4.69, 9.17) is 0 Å². The standard InChI is InChI=1S/C16H26N2O2/c1-3-6-12(2)14(19)18-16(9-4-5-10-16)15(20)17-11-13-7-8-13/h6,13H,3-5,7-11H2,1-2H3,(H,17,20)(H,18,19). The number of hydrogen-bond donors (Lipinski definition) is 2. The van der Waals surface area contributed by atoms with E-state index >= 15 is 0 Å². The van der Waals surface area contributed by atoms with E-state index in [0.29, 0.717) is 11.5 Å². The predicted octanol–water partition coefficient (Wildman–Crippen LogP) is 2.30. The van der Waals surface area contributed by atoms with E-state index in [1.807, 2.05) is 19.9 Å². The fourth-order valence-corrected chi connectivity index (χ4v) is 2.83. The van der Waals surface area contributed by atoms with Crippen LogP contribution in [-0.2, 0) is 9.59 Å². The molecule has 0 aromatic heterocycles. The minimum Gasteiger partial charge on any atom is -0.354 e. The molecule has 0 bridgehead atoms. The average Bonchev–Trinajstić information content (AvgIpc) is 3.14. The summed E-state index contributed by atoms with van der Waals surface area (Å²) in [6.07, 6.45) is 8.71. The number of carbonyl (C=O) groups is 2. The van der Waals surface area contributed by atoms with Crippen molar-refractivity contribution in [1.82, 2.24) is 10.6 Å². The summed E-state index contributed by atoms with van der Waals surface area (Å²) in [5.74, 6) is 0.574. The van der Waals surface area contributed by atoms with E-state index in [1.54, 1.807) is 0 Å². The Balaban J connectivity index is 1.98. The molecule has 2 fully saturated rings. The Labute approximate surface area is 121 Å². The van der Waals surface area contributed by atoms with Crippen molar-refractivity contribution in [2.24, 2.45) is 5.92 Å². The van der Waals surface area contributed by atoms with Gasteiger partial charge in [0.25, 0.3) is 0 Å². The highest BCUT2D eigenvalue weighted by molar-refractivity contribution is 5.98. The molecular formula is C16H26N2O2. The maximum absolute atomic E-state index is 12.5. The Bertz CT molecular complexity index is 405. The molecule has 2 aliphatic rings. The van der Waals surface area contributed by atoms with Crippen LogP contribution in [0.15, 0.2) is 11.6 Å². The summed E-state index contributed by atoms with van der Waals surface area (Å²) in [6, 6.07) is 0. The van der Waals surface area contributed by atoms with Crippen molar-refractivity contribution < 1.29 is 9.59 Å². The van der Waals surface area contributed by atoms with E-state index in [1.165, 1.54) is 12.8 Å². The molecule has 0 aliphatic heterocycles. The summed E-state index contributed by atoms with van der Waals surface area (Å²) in [5, 5.41) is 6.03. The minimum atomic E-state index is -0.672. The van der Waals surface area contributed by atoms with Crippen LogP contribution in [0.5, 0.6) is 0 Å². The molecular weight excluding hydrogens is 252 g/mol. The Kier molecular flexibility index (Phi) is 4.84. The fourth-order valence-electron chi connectivity index (χ4n) is 2.83. The average molecular weight is 278 g/mol. The maximum Gasteiger partial charge on any atom is 0.247 e. The number of amides is 2. The Morgan fingerprint density at radius 2 is 1.90 bits per heavy atom. The van der Waals surface area contributed by atoms with E-state index in [0.717, 1.165) is 38.6 Å². The molecule has 4 heteroatoms. The zero-order chi connectivity index (χ0) is 14.6. The maximum atomic E-state index is 12.5. The molecule has 20 heavy (non-hydrogen) atoms. The van der Waals surface area contributed by atoms with Crippen molar-refractivity contribution in [2.45, 2.75) is 64.3 Å². The van der Waals surface area contributed by atoms with E-state index in [2.05, 4.69) is 10.6 Å². The van der Waals surface area contributed by atoms with Crippen molar-refractivity contribution in [1.29, 1.82) is 0 Å². The van der Waals surface area contributed by atoms with E-state index < -0.39 is 5.54 Å². The topological polar surface area (TPSA) is 58.2 Å². The molecule has 0 unspecified atom stereocenters. The molecule has 2 N–H and O–H groups in total. The number of nitrogens with one attached hydrogen (secondary N) is 2. The number of allylic oxidation sites excluding steroid dienone is 1. The minimum absolute atomic E-state index is 0.0135. The van der Waals surface area contributed by atoms with Gasteiger partial charge in [0.1, 0.15) is 5.54 Å². The Morgan fingerprint density at radius 3 is 2.45 bits per heavy atom. The van der Waals surface area contributed by atoms with Crippen LogP contribution < -0.4 is 10.6 Å².